The number of halogens is 6. The lowest BCUT2D eigenvalue weighted by Crippen LogP contribution is -2.60. The Morgan fingerprint density at radius 2 is 1.63 bits per heavy atom. The first-order valence-corrected chi connectivity index (χ1v) is 22.2. The lowest BCUT2D eigenvalue weighted by atomic mass is 9.84. The van der Waals surface area contributed by atoms with Crippen molar-refractivity contribution in [2.24, 2.45) is 0 Å². The van der Waals surface area contributed by atoms with Crippen LogP contribution in [0, 0.1) is 0 Å². The molecule has 1 spiro atoms. The summed E-state index contributed by atoms with van der Waals surface area (Å²) >= 11 is 1.11. The number of likely N-dealkylation sites (tertiary alicyclic amines) is 1. The molecule has 3 amide bonds. The van der Waals surface area contributed by atoms with Gasteiger partial charge in [0.05, 0.1) is 4.88 Å². The second kappa shape index (κ2) is 16.3. The number of carboxylic acids is 1. The number of benzene rings is 2. The molecule has 5 aliphatic rings. The summed E-state index contributed by atoms with van der Waals surface area (Å²) in [6.45, 7) is 0.582. The molecule has 20 heteroatoms. The lowest BCUT2D eigenvalue weighted by molar-refractivity contribution is -0.192. The van der Waals surface area contributed by atoms with Gasteiger partial charge in [0.2, 0.25) is 17.7 Å². The summed E-state index contributed by atoms with van der Waals surface area (Å²) in [5.74, 6) is -8.68. The molecule has 2 aromatic carbocycles. The maximum Gasteiger partial charge on any atom is 0.490 e. The van der Waals surface area contributed by atoms with Crippen LogP contribution in [0.2, 0.25) is 0 Å². The number of hydrogen-bond acceptors (Lipinski definition) is 7. The van der Waals surface area contributed by atoms with Gasteiger partial charge in [0.1, 0.15) is 12.1 Å². The second-order valence-electron chi connectivity index (χ2n) is 16.7. The van der Waals surface area contributed by atoms with E-state index in [1.165, 1.54) is 29.8 Å². The molecular formula is C40H45F6N4O8PS. The van der Waals surface area contributed by atoms with E-state index in [9.17, 15) is 55.1 Å². The highest BCUT2D eigenvalue weighted by Crippen LogP contribution is 2.55. The average Bonchev–Trinajstić information content (AvgIpc) is 3.47. The summed E-state index contributed by atoms with van der Waals surface area (Å²) in [6.07, 6.45) is -0.434. The zero-order valence-corrected chi connectivity index (χ0v) is 34.1. The van der Waals surface area contributed by atoms with Gasteiger partial charge in [0.15, 0.2) is 0 Å². The van der Waals surface area contributed by atoms with Crippen molar-refractivity contribution in [3.8, 4) is 0 Å². The number of hydrogen-bond donors (Lipinski definition) is 4. The maximum absolute atomic E-state index is 14.6. The molecule has 326 valence electrons. The van der Waals surface area contributed by atoms with Crippen LogP contribution in [-0.2, 0) is 18.9 Å². The molecule has 2 saturated carbocycles. The number of carbonyl (C=O) groups is 4. The van der Waals surface area contributed by atoms with E-state index in [0.29, 0.717) is 42.3 Å². The number of rotatable bonds is 8. The number of thiophene rings is 1. The highest BCUT2D eigenvalue weighted by atomic mass is 32.1. The van der Waals surface area contributed by atoms with Gasteiger partial charge in [-0.2, -0.15) is 13.2 Å². The van der Waals surface area contributed by atoms with Crippen LogP contribution in [0.5, 0.6) is 0 Å². The first-order valence-electron chi connectivity index (χ1n) is 19.7. The standard InChI is InChI=1S/C38H44F3N4O6PS.C2HF3O2/c1-43(28-19-38(40,41)20-28)26-8-10-29(42-34(46)32-16-24-15-23(7-12-31(24)53-32)33(39)52(49,50)51)35(47)45-27(17-26)9-11-30(45)36(48)44-21-25(18-37(44)13-14-37)22-5-3-2-4-6-22;3-2(4,5)1(6)7/h2-7,12,15-16,25-30,33H,8-11,13-14,17-21H2,1H3,(H,42,46)(H2,49,50,51);(H,6,7)/t25-,26+,27-,29+,30+,33-;/m1./s1. The number of alkyl halides is 6. The van der Waals surface area contributed by atoms with Gasteiger partial charge in [-0.25, -0.2) is 18.0 Å². The van der Waals surface area contributed by atoms with Crippen LogP contribution in [0.1, 0.15) is 96.8 Å². The predicted octanol–water partition coefficient (Wildman–Crippen LogP) is 6.97. The van der Waals surface area contributed by atoms with Gasteiger partial charge in [-0.15, -0.1) is 11.3 Å². The molecule has 4 heterocycles. The van der Waals surface area contributed by atoms with Gasteiger partial charge in [-0.3, -0.25) is 23.8 Å². The van der Waals surface area contributed by atoms with Crippen LogP contribution in [0.4, 0.5) is 26.3 Å². The average molecular weight is 887 g/mol. The Balaban J connectivity index is 0.000000716. The number of carbonyl (C=O) groups excluding carboxylic acids is 3. The van der Waals surface area contributed by atoms with Gasteiger partial charge in [-0.1, -0.05) is 36.4 Å². The first-order chi connectivity index (χ1) is 28.1. The van der Waals surface area contributed by atoms with Crippen LogP contribution < -0.4 is 5.32 Å². The van der Waals surface area contributed by atoms with Crippen LogP contribution >= 0.6 is 18.9 Å². The number of amides is 3. The Labute approximate surface area is 345 Å². The Morgan fingerprint density at radius 1 is 0.967 bits per heavy atom. The molecule has 6 atom stereocenters. The van der Waals surface area contributed by atoms with Crippen LogP contribution in [0.25, 0.3) is 10.1 Å². The first kappa shape index (κ1) is 44.0. The van der Waals surface area contributed by atoms with E-state index < -0.39 is 49.6 Å². The fraction of sp³-hybridized carbons (Fsp3) is 0.550. The summed E-state index contributed by atoms with van der Waals surface area (Å²) in [4.78, 5) is 76.5. The quantitative estimate of drug-likeness (QED) is 0.138. The molecule has 60 heavy (non-hydrogen) atoms. The van der Waals surface area contributed by atoms with Gasteiger partial charge >= 0.3 is 19.7 Å². The third-order valence-electron chi connectivity index (χ3n) is 12.7. The molecular weight excluding hydrogens is 841 g/mol. The molecule has 5 fully saturated rings. The van der Waals surface area contributed by atoms with Crippen LogP contribution in [0.3, 0.4) is 0 Å². The molecule has 3 aromatic rings. The number of aliphatic carboxylic acids is 1. The Hall–Kier alpha value is -4.03. The van der Waals surface area contributed by atoms with Gasteiger partial charge in [-0.05, 0) is 93.1 Å². The summed E-state index contributed by atoms with van der Waals surface area (Å²) in [6, 6.07) is 13.4. The molecule has 2 aliphatic carbocycles. The highest BCUT2D eigenvalue weighted by molar-refractivity contribution is 7.51. The number of carboxylic acid groups (broad SMARTS) is 1. The van der Waals surface area contributed by atoms with Gasteiger partial charge in [0, 0.05) is 53.7 Å². The maximum atomic E-state index is 14.6. The van der Waals surface area contributed by atoms with Crippen molar-refractivity contribution in [1.29, 1.82) is 0 Å². The smallest absolute Gasteiger partial charge is 0.475 e. The van der Waals surface area contributed by atoms with E-state index in [1.807, 2.05) is 35.0 Å². The van der Waals surface area contributed by atoms with Gasteiger partial charge < -0.3 is 30.0 Å². The molecule has 3 aliphatic heterocycles. The second-order valence-corrected chi connectivity index (χ2v) is 19.4. The van der Waals surface area contributed by atoms with E-state index >= 15 is 0 Å². The van der Waals surface area contributed by atoms with Crippen molar-refractivity contribution in [2.45, 2.75) is 124 Å². The number of fused-ring (bicyclic) bond motifs is 2. The summed E-state index contributed by atoms with van der Waals surface area (Å²) in [5.41, 5.74) is 0.781. The largest absolute Gasteiger partial charge is 0.490 e. The topological polar surface area (TPSA) is 168 Å². The summed E-state index contributed by atoms with van der Waals surface area (Å²) in [5, 5.41) is 10.5. The van der Waals surface area contributed by atoms with Crippen LogP contribution in [0.15, 0.2) is 54.6 Å². The third-order valence-corrected chi connectivity index (χ3v) is 14.7. The molecule has 0 unspecified atom stereocenters. The normalized spacial score (nSPS) is 26.8. The minimum atomic E-state index is -5.08. The number of nitrogens with one attached hydrogen (secondary N) is 1. The molecule has 1 aromatic heterocycles. The Morgan fingerprint density at radius 3 is 2.23 bits per heavy atom. The highest BCUT2D eigenvalue weighted by Gasteiger charge is 2.59. The molecule has 0 bridgehead atoms. The van der Waals surface area contributed by atoms with Crippen molar-refractivity contribution in [2.75, 3.05) is 13.6 Å². The summed E-state index contributed by atoms with van der Waals surface area (Å²) < 4.78 is 86.2. The van der Waals surface area contributed by atoms with Crippen molar-refractivity contribution in [3.05, 3.63) is 70.6 Å². The minimum absolute atomic E-state index is 0.0623. The fourth-order valence-electron chi connectivity index (χ4n) is 9.37. The zero-order valence-electron chi connectivity index (χ0n) is 32.4. The molecule has 3 saturated heterocycles. The molecule has 0 radical (unpaired) electrons. The van der Waals surface area contributed by atoms with E-state index in [0.717, 1.165) is 30.6 Å². The van der Waals surface area contributed by atoms with E-state index in [1.54, 1.807) is 4.90 Å². The number of nitrogens with zero attached hydrogens (tertiary/aromatic N) is 3. The third kappa shape index (κ3) is 9.10. The van der Waals surface area contributed by atoms with Crippen molar-refractivity contribution < 1.29 is 65.0 Å². The van der Waals surface area contributed by atoms with E-state index in [2.05, 4.69) is 17.4 Å². The fourth-order valence-corrected chi connectivity index (χ4v) is 10.9. The van der Waals surface area contributed by atoms with Gasteiger partial charge in [0.25, 0.3) is 11.8 Å². The van der Waals surface area contributed by atoms with Crippen molar-refractivity contribution >= 4 is 52.7 Å². The monoisotopic (exact) mass is 886 g/mol. The molecule has 8 rings (SSSR count). The lowest BCUT2D eigenvalue weighted by Gasteiger charge is -2.47. The Kier molecular flexibility index (Phi) is 12.0. The molecule has 12 nitrogen and oxygen atoms in total. The van der Waals surface area contributed by atoms with E-state index in [4.69, 9.17) is 9.90 Å². The molecule has 4 N–H and O–H groups in total. The minimum Gasteiger partial charge on any atom is -0.475 e. The van der Waals surface area contributed by atoms with Crippen LogP contribution in [-0.4, -0.2) is 115 Å². The van der Waals surface area contributed by atoms with Crippen molar-refractivity contribution in [1.82, 2.24) is 20.0 Å². The SMILES string of the molecule is CN(C1CC(F)(F)C1)[C@H]1CC[C@H](NC(=O)c2cc3cc([C@H](F)P(=O)(O)O)ccc3s2)C(=O)N2[C@H](CC[C@H]2C(=O)N2C[C@H](c3ccccc3)CC23CC3)C1.O=C(O)C(F)(F)F. The van der Waals surface area contributed by atoms with E-state index in [-0.39, 0.29) is 71.1 Å². The Bertz CT molecular complexity index is 2180. The predicted molar refractivity (Wildman–Crippen MR) is 207 cm³/mol. The van der Waals surface area contributed by atoms with Crippen molar-refractivity contribution in [3.63, 3.8) is 0 Å². The summed E-state index contributed by atoms with van der Waals surface area (Å²) in [7, 11) is -3.18. The zero-order chi connectivity index (χ0) is 43.5.